The standard InChI is InChI=1S/C14H10FN3O3/c15-12-5-4-11(8-13(12)18(20)21)17-14(19)6-3-10-2-1-7-16-9-10/h1-9H,(H,17,19). The van der Waals surface area contributed by atoms with E-state index in [-0.39, 0.29) is 5.69 Å². The quantitative estimate of drug-likeness (QED) is 0.532. The van der Waals surface area contributed by atoms with Crippen LogP contribution in [0.4, 0.5) is 15.8 Å². The number of aromatic nitrogens is 1. The first-order valence-corrected chi connectivity index (χ1v) is 5.89. The highest BCUT2D eigenvalue weighted by Gasteiger charge is 2.14. The molecule has 0 spiro atoms. The van der Waals surface area contributed by atoms with E-state index in [1.165, 1.54) is 12.1 Å². The molecule has 0 radical (unpaired) electrons. The van der Waals surface area contributed by atoms with E-state index < -0.39 is 22.3 Å². The van der Waals surface area contributed by atoms with E-state index in [1.807, 2.05) is 0 Å². The number of hydrogen-bond acceptors (Lipinski definition) is 4. The lowest BCUT2D eigenvalue weighted by Gasteiger charge is -2.02. The van der Waals surface area contributed by atoms with Crippen LogP contribution in [0.1, 0.15) is 5.56 Å². The van der Waals surface area contributed by atoms with Gasteiger partial charge in [-0.2, -0.15) is 4.39 Å². The van der Waals surface area contributed by atoms with Crippen molar-refractivity contribution in [3.8, 4) is 0 Å². The fraction of sp³-hybridized carbons (Fsp3) is 0. The zero-order valence-corrected chi connectivity index (χ0v) is 10.7. The average Bonchev–Trinajstić information content (AvgIpc) is 2.48. The monoisotopic (exact) mass is 287 g/mol. The summed E-state index contributed by atoms with van der Waals surface area (Å²) in [6.45, 7) is 0. The Kier molecular flexibility index (Phi) is 4.35. The summed E-state index contributed by atoms with van der Waals surface area (Å²) in [5.74, 6) is -1.44. The molecule has 0 fully saturated rings. The van der Waals surface area contributed by atoms with Crippen molar-refractivity contribution in [2.24, 2.45) is 0 Å². The van der Waals surface area contributed by atoms with E-state index in [1.54, 1.807) is 30.6 Å². The minimum Gasteiger partial charge on any atom is -0.322 e. The molecule has 6 nitrogen and oxygen atoms in total. The number of carbonyl (C=O) groups excluding carboxylic acids is 1. The number of amides is 1. The van der Waals surface area contributed by atoms with Gasteiger partial charge in [0.2, 0.25) is 11.7 Å². The first-order chi connectivity index (χ1) is 10.1. The molecule has 0 bridgehead atoms. The molecule has 0 aliphatic carbocycles. The van der Waals surface area contributed by atoms with Gasteiger partial charge in [-0.1, -0.05) is 6.07 Å². The number of nitro groups is 1. The minimum absolute atomic E-state index is 0.143. The highest BCUT2D eigenvalue weighted by molar-refractivity contribution is 6.02. The van der Waals surface area contributed by atoms with Gasteiger partial charge in [0.1, 0.15) is 0 Å². The molecular formula is C14H10FN3O3. The van der Waals surface area contributed by atoms with Gasteiger partial charge >= 0.3 is 5.69 Å². The van der Waals surface area contributed by atoms with Crippen LogP contribution in [0.2, 0.25) is 0 Å². The third-order valence-electron chi connectivity index (χ3n) is 2.52. The van der Waals surface area contributed by atoms with Crippen LogP contribution in [0, 0.1) is 15.9 Å². The van der Waals surface area contributed by atoms with Gasteiger partial charge in [0, 0.05) is 30.2 Å². The fourth-order valence-corrected chi connectivity index (χ4v) is 1.56. The van der Waals surface area contributed by atoms with E-state index in [0.717, 1.165) is 17.7 Å². The fourth-order valence-electron chi connectivity index (χ4n) is 1.56. The Balaban J connectivity index is 2.08. The summed E-state index contributed by atoms with van der Waals surface area (Å²) < 4.78 is 13.2. The smallest absolute Gasteiger partial charge is 0.306 e. The number of carbonyl (C=O) groups is 1. The number of anilines is 1. The molecule has 1 heterocycles. The molecule has 21 heavy (non-hydrogen) atoms. The molecule has 0 aliphatic rings. The van der Waals surface area contributed by atoms with Crippen LogP contribution in [0.15, 0.2) is 48.8 Å². The Morgan fingerprint density at radius 2 is 2.19 bits per heavy atom. The number of nitrogens with zero attached hydrogens (tertiary/aromatic N) is 2. The molecule has 0 saturated carbocycles. The Morgan fingerprint density at radius 3 is 2.86 bits per heavy atom. The first kappa shape index (κ1) is 14.3. The van der Waals surface area contributed by atoms with E-state index in [0.29, 0.717) is 0 Å². The van der Waals surface area contributed by atoms with Crippen LogP contribution in [0.5, 0.6) is 0 Å². The largest absolute Gasteiger partial charge is 0.322 e. The first-order valence-electron chi connectivity index (χ1n) is 5.89. The number of hydrogen-bond donors (Lipinski definition) is 1. The molecule has 106 valence electrons. The molecule has 1 N–H and O–H groups in total. The molecule has 0 saturated heterocycles. The SMILES string of the molecule is O=C(C=Cc1cccnc1)Nc1ccc(F)c([N+](=O)[O-])c1. The van der Waals surface area contributed by atoms with Gasteiger partial charge in [0.25, 0.3) is 0 Å². The topological polar surface area (TPSA) is 85.1 Å². The summed E-state index contributed by atoms with van der Waals surface area (Å²) in [6, 6.07) is 6.63. The lowest BCUT2D eigenvalue weighted by atomic mass is 10.2. The number of pyridine rings is 1. The summed E-state index contributed by atoms with van der Waals surface area (Å²) in [5.41, 5.74) is 0.186. The van der Waals surface area contributed by atoms with Crippen molar-refractivity contribution in [3.05, 3.63) is 70.3 Å². The van der Waals surface area contributed by atoms with Gasteiger partial charge in [0.15, 0.2) is 0 Å². The van der Waals surface area contributed by atoms with E-state index in [2.05, 4.69) is 10.3 Å². The second-order valence-electron chi connectivity index (χ2n) is 4.03. The molecule has 2 rings (SSSR count). The van der Waals surface area contributed by atoms with Crippen molar-refractivity contribution in [1.29, 1.82) is 0 Å². The molecular weight excluding hydrogens is 277 g/mol. The number of nitrogens with one attached hydrogen (secondary N) is 1. The maximum atomic E-state index is 13.2. The van der Waals surface area contributed by atoms with Gasteiger partial charge in [-0.3, -0.25) is 19.9 Å². The van der Waals surface area contributed by atoms with Crippen LogP contribution in [0.25, 0.3) is 6.08 Å². The second kappa shape index (κ2) is 6.38. The highest BCUT2D eigenvalue weighted by Crippen LogP contribution is 2.21. The van der Waals surface area contributed by atoms with Gasteiger partial charge in [-0.05, 0) is 29.8 Å². The van der Waals surface area contributed by atoms with Gasteiger partial charge in [0.05, 0.1) is 4.92 Å². The zero-order chi connectivity index (χ0) is 15.2. The van der Waals surface area contributed by atoms with Gasteiger partial charge in [-0.25, -0.2) is 0 Å². The third-order valence-corrected chi connectivity index (χ3v) is 2.52. The Hall–Kier alpha value is -3.09. The van der Waals surface area contributed by atoms with E-state index in [9.17, 15) is 19.3 Å². The summed E-state index contributed by atoms with van der Waals surface area (Å²) in [4.78, 5) is 25.3. The van der Waals surface area contributed by atoms with E-state index >= 15 is 0 Å². The lowest BCUT2D eigenvalue weighted by molar-refractivity contribution is -0.387. The van der Waals surface area contributed by atoms with Crippen molar-refractivity contribution in [2.75, 3.05) is 5.32 Å². The Labute approximate surface area is 119 Å². The Bertz CT molecular complexity index is 702. The summed E-state index contributed by atoms with van der Waals surface area (Å²) in [6.07, 6.45) is 5.98. The van der Waals surface area contributed by atoms with Crippen molar-refractivity contribution in [1.82, 2.24) is 4.98 Å². The van der Waals surface area contributed by atoms with Crippen LogP contribution in [-0.4, -0.2) is 15.8 Å². The van der Waals surface area contributed by atoms with Crippen molar-refractivity contribution in [3.63, 3.8) is 0 Å². The molecule has 1 aromatic heterocycles. The van der Waals surface area contributed by atoms with Crippen LogP contribution >= 0.6 is 0 Å². The number of halogens is 1. The van der Waals surface area contributed by atoms with Crippen LogP contribution in [0.3, 0.4) is 0 Å². The normalized spacial score (nSPS) is 10.5. The summed E-state index contributed by atoms with van der Waals surface area (Å²) >= 11 is 0. The van der Waals surface area contributed by atoms with Crippen LogP contribution < -0.4 is 5.32 Å². The van der Waals surface area contributed by atoms with Crippen molar-refractivity contribution < 1.29 is 14.1 Å². The molecule has 0 atom stereocenters. The summed E-state index contributed by atoms with van der Waals surface area (Å²) in [7, 11) is 0. The lowest BCUT2D eigenvalue weighted by Crippen LogP contribution is -2.08. The Morgan fingerprint density at radius 1 is 1.38 bits per heavy atom. The number of benzene rings is 1. The van der Waals surface area contributed by atoms with Crippen molar-refractivity contribution in [2.45, 2.75) is 0 Å². The predicted molar refractivity (Wildman–Crippen MR) is 75.0 cm³/mol. The maximum Gasteiger partial charge on any atom is 0.306 e. The van der Waals surface area contributed by atoms with Crippen LogP contribution in [-0.2, 0) is 4.79 Å². The van der Waals surface area contributed by atoms with Crippen molar-refractivity contribution >= 4 is 23.4 Å². The molecule has 0 unspecified atom stereocenters. The van der Waals surface area contributed by atoms with Gasteiger partial charge < -0.3 is 5.32 Å². The van der Waals surface area contributed by atoms with E-state index in [4.69, 9.17) is 0 Å². The molecule has 1 aromatic carbocycles. The molecule has 1 amide bonds. The highest BCUT2D eigenvalue weighted by atomic mass is 19.1. The van der Waals surface area contributed by atoms with Gasteiger partial charge in [-0.15, -0.1) is 0 Å². The number of nitro benzene ring substituents is 1. The predicted octanol–water partition coefficient (Wildman–Crippen LogP) is 2.78. The second-order valence-corrected chi connectivity index (χ2v) is 4.03. The average molecular weight is 287 g/mol. The molecule has 0 aliphatic heterocycles. The maximum absolute atomic E-state index is 13.2. The minimum atomic E-state index is -0.955. The number of rotatable bonds is 4. The molecule has 7 heteroatoms. The summed E-state index contributed by atoms with van der Waals surface area (Å²) in [5, 5.41) is 13.0. The third kappa shape index (κ3) is 3.93. The molecule has 2 aromatic rings. The zero-order valence-electron chi connectivity index (χ0n) is 10.7.